The topological polar surface area (TPSA) is 37.8 Å². The average Bonchev–Trinajstić information content (AvgIpc) is 2.46. The standard InChI is InChI=1S/C16H14ClN3/c1-11-4-6-18-9-12(11)10-20-15-5-7-19-16-8-13(17)2-3-14(15)16/h2-9H,10H2,1H3,(H,19,20). The highest BCUT2D eigenvalue weighted by Crippen LogP contribution is 2.24. The molecule has 0 atom stereocenters. The number of rotatable bonds is 3. The molecule has 0 unspecified atom stereocenters. The second-order valence-electron chi connectivity index (χ2n) is 4.68. The molecule has 0 aliphatic heterocycles. The molecule has 1 N–H and O–H groups in total. The molecule has 0 spiro atoms. The second-order valence-corrected chi connectivity index (χ2v) is 5.11. The number of aromatic nitrogens is 2. The van der Waals surface area contributed by atoms with Gasteiger partial charge in [0.05, 0.1) is 5.52 Å². The van der Waals surface area contributed by atoms with Gasteiger partial charge in [0.15, 0.2) is 0 Å². The van der Waals surface area contributed by atoms with Gasteiger partial charge in [-0.25, -0.2) is 0 Å². The minimum atomic E-state index is 0.699. The van der Waals surface area contributed by atoms with Gasteiger partial charge >= 0.3 is 0 Å². The van der Waals surface area contributed by atoms with Gasteiger partial charge in [-0.15, -0.1) is 0 Å². The Bertz CT molecular complexity index is 756. The van der Waals surface area contributed by atoms with Gasteiger partial charge in [-0.3, -0.25) is 9.97 Å². The molecule has 0 bridgehead atoms. The Labute approximate surface area is 122 Å². The van der Waals surface area contributed by atoms with Gasteiger partial charge in [-0.2, -0.15) is 0 Å². The Morgan fingerprint density at radius 1 is 1.15 bits per heavy atom. The lowest BCUT2D eigenvalue weighted by molar-refractivity contribution is 1.08. The summed E-state index contributed by atoms with van der Waals surface area (Å²) in [6, 6.07) is 9.73. The van der Waals surface area contributed by atoms with Crippen LogP contribution in [0, 0.1) is 6.92 Å². The van der Waals surface area contributed by atoms with Crippen LogP contribution in [-0.2, 0) is 6.54 Å². The van der Waals surface area contributed by atoms with E-state index in [0.717, 1.165) is 23.1 Å². The van der Waals surface area contributed by atoms with E-state index < -0.39 is 0 Å². The first kappa shape index (κ1) is 12.9. The van der Waals surface area contributed by atoms with Crippen LogP contribution in [0.15, 0.2) is 48.9 Å². The van der Waals surface area contributed by atoms with Crippen LogP contribution in [0.25, 0.3) is 10.9 Å². The van der Waals surface area contributed by atoms with Crippen molar-refractivity contribution in [3.8, 4) is 0 Å². The van der Waals surface area contributed by atoms with Crippen molar-refractivity contribution in [2.24, 2.45) is 0 Å². The zero-order chi connectivity index (χ0) is 13.9. The second kappa shape index (κ2) is 5.47. The summed E-state index contributed by atoms with van der Waals surface area (Å²) in [4.78, 5) is 8.50. The van der Waals surface area contributed by atoms with Crippen molar-refractivity contribution in [1.82, 2.24) is 9.97 Å². The Morgan fingerprint density at radius 2 is 2.05 bits per heavy atom. The molecule has 3 nitrogen and oxygen atoms in total. The highest BCUT2D eigenvalue weighted by molar-refractivity contribution is 6.31. The molecule has 4 heteroatoms. The maximum Gasteiger partial charge on any atom is 0.0737 e. The number of hydrogen-bond acceptors (Lipinski definition) is 3. The van der Waals surface area contributed by atoms with Crippen LogP contribution in [0.2, 0.25) is 5.02 Å². The Hall–Kier alpha value is -2.13. The summed E-state index contributed by atoms with van der Waals surface area (Å²) in [6.07, 6.45) is 5.49. The Morgan fingerprint density at radius 3 is 2.90 bits per heavy atom. The molecule has 3 rings (SSSR count). The van der Waals surface area contributed by atoms with E-state index in [1.807, 2.05) is 42.7 Å². The molecule has 2 heterocycles. The zero-order valence-corrected chi connectivity index (χ0v) is 11.9. The molecule has 20 heavy (non-hydrogen) atoms. The fraction of sp³-hybridized carbons (Fsp3) is 0.125. The summed E-state index contributed by atoms with van der Waals surface area (Å²) in [5, 5.41) is 5.21. The van der Waals surface area contributed by atoms with Crippen molar-refractivity contribution < 1.29 is 0 Å². The van der Waals surface area contributed by atoms with Crippen molar-refractivity contribution in [2.75, 3.05) is 5.32 Å². The van der Waals surface area contributed by atoms with E-state index in [0.29, 0.717) is 5.02 Å². The molecule has 2 aromatic heterocycles. The highest BCUT2D eigenvalue weighted by atomic mass is 35.5. The van der Waals surface area contributed by atoms with E-state index in [-0.39, 0.29) is 0 Å². The first-order valence-corrected chi connectivity index (χ1v) is 6.79. The zero-order valence-electron chi connectivity index (χ0n) is 11.1. The van der Waals surface area contributed by atoms with Gasteiger partial charge in [0, 0.05) is 41.2 Å². The molecule has 0 saturated heterocycles. The molecule has 0 aliphatic carbocycles. The number of hydrogen-bond donors (Lipinski definition) is 1. The van der Waals surface area contributed by atoms with E-state index in [1.54, 1.807) is 6.20 Å². The SMILES string of the molecule is Cc1ccncc1CNc1ccnc2cc(Cl)ccc12. The van der Waals surface area contributed by atoms with Crippen LogP contribution in [0.4, 0.5) is 5.69 Å². The quantitative estimate of drug-likeness (QED) is 0.783. The van der Waals surface area contributed by atoms with Crippen molar-refractivity contribution in [3.05, 3.63) is 65.1 Å². The number of nitrogens with one attached hydrogen (secondary N) is 1. The third-order valence-electron chi connectivity index (χ3n) is 3.32. The monoisotopic (exact) mass is 283 g/mol. The molecule has 0 fully saturated rings. The summed E-state index contributed by atoms with van der Waals surface area (Å²) in [6.45, 7) is 2.82. The van der Waals surface area contributed by atoms with Gasteiger partial charge in [-0.1, -0.05) is 11.6 Å². The van der Waals surface area contributed by atoms with Crippen molar-refractivity contribution >= 4 is 28.2 Å². The first-order chi connectivity index (χ1) is 9.74. The largest absolute Gasteiger partial charge is 0.380 e. The minimum absolute atomic E-state index is 0.699. The molecule has 0 amide bonds. The molecule has 1 aromatic carbocycles. The predicted molar refractivity (Wildman–Crippen MR) is 83.1 cm³/mol. The van der Waals surface area contributed by atoms with E-state index >= 15 is 0 Å². The van der Waals surface area contributed by atoms with Crippen LogP contribution in [0.1, 0.15) is 11.1 Å². The molecule has 0 saturated carbocycles. The van der Waals surface area contributed by atoms with E-state index in [9.17, 15) is 0 Å². The van der Waals surface area contributed by atoms with Gasteiger partial charge in [0.2, 0.25) is 0 Å². The number of benzene rings is 1. The van der Waals surface area contributed by atoms with Gasteiger partial charge in [0.1, 0.15) is 0 Å². The fourth-order valence-corrected chi connectivity index (χ4v) is 2.31. The molecular formula is C16H14ClN3. The Balaban J connectivity index is 1.90. The smallest absolute Gasteiger partial charge is 0.0737 e. The molecule has 100 valence electrons. The van der Waals surface area contributed by atoms with E-state index in [4.69, 9.17) is 11.6 Å². The number of halogens is 1. The van der Waals surface area contributed by atoms with Crippen molar-refractivity contribution in [3.63, 3.8) is 0 Å². The maximum atomic E-state index is 6.00. The lowest BCUT2D eigenvalue weighted by atomic mass is 10.1. The lowest BCUT2D eigenvalue weighted by Crippen LogP contribution is -2.02. The first-order valence-electron chi connectivity index (χ1n) is 6.42. The average molecular weight is 284 g/mol. The van der Waals surface area contributed by atoms with Gasteiger partial charge in [-0.05, 0) is 48.4 Å². The molecule has 0 aliphatic rings. The number of anilines is 1. The van der Waals surface area contributed by atoms with Gasteiger partial charge < -0.3 is 5.32 Å². The summed E-state index contributed by atoms with van der Waals surface area (Å²) >= 11 is 6.00. The summed E-state index contributed by atoms with van der Waals surface area (Å²) < 4.78 is 0. The van der Waals surface area contributed by atoms with E-state index in [2.05, 4.69) is 22.2 Å². The number of fused-ring (bicyclic) bond motifs is 1. The number of aryl methyl sites for hydroxylation is 1. The van der Waals surface area contributed by atoms with E-state index in [1.165, 1.54) is 11.1 Å². The summed E-state index contributed by atoms with van der Waals surface area (Å²) in [7, 11) is 0. The number of nitrogens with zero attached hydrogens (tertiary/aromatic N) is 2. The van der Waals surface area contributed by atoms with Crippen LogP contribution in [-0.4, -0.2) is 9.97 Å². The normalized spacial score (nSPS) is 10.7. The number of pyridine rings is 2. The third-order valence-corrected chi connectivity index (χ3v) is 3.56. The molecule has 3 aromatic rings. The molecule has 0 radical (unpaired) electrons. The fourth-order valence-electron chi connectivity index (χ4n) is 2.15. The van der Waals surface area contributed by atoms with Crippen molar-refractivity contribution in [2.45, 2.75) is 13.5 Å². The highest BCUT2D eigenvalue weighted by Gasteiger charge is 2.03. The van der Waals surface area contributed by atoms with Crippen LogP contribution >= 0.6 is 11.6 Å². The van der Waals surface area contributed by atoms with Crippen LogP contribution in [0.5, 0.6) is 0 Å². The maximum absolute atomic E-state index is 6.00. The van der Waals surface area contributed by atoms with Crippen LogP contribution < -0.4 is 5.32 Å². The minimum Gasteiger partial charge on any atom is -0.380 e. The lowest BCUT2D eigenvalue weighted by Gasteiger charge is -2.11. The Kier molecular flexibility index (Phi) is 3.52. The summed E-state index contributed by atoms with van der Waals surface area (Å²) in [5.41, 5.74) is 4.36. The predicted octanol–water partition coefficient (Wildman–Crippen LogP) is 4.20. The van der Waals surface area contributed by atoms with Gasteiger partial charge in [0.25, 0.3) is 0 Å². The third kappa shape index (κ3) is 2.58. The van der Waals surface area contributed by atoms with Crippen LogP contribution in [0.3, 0.4) is 0 Å². The molecular weight excluding hydrogens is 270 g/mol. The van der Waals surface area contributed by atoms with Crippen molar-refractivity contribution in [1.29, 1.82) is 0 Å². The summed E-state index contributed by atoms with van der Waals surface area (Å²) in [5.74, 6) is 0.